The molecule has 0 aliphatic rings. The lowest BCUT2D eigenvalue weighted by Gasteiger charge is -2.19. The number of carbonyl (C=O) groups is 4. The number of nitrogens with two attached hydrogens (primary N) is 1. The third kappa shape index (κ3) is 9.50. The number of carbonyl (C=O) groups excluding carboxylic acids is 4. The molecule has 0 fully saturated rings. The van der Waals surface area contributed by atoms with Crippen LogP contribution in [0.5, 0.6) is 5.75 Å². The molecule has 1 atom stereocenters. The number of nitrogens with one attached hydrogen (secondary N) is 4. The Balaban J connectivity index is 1.36. The van der Waals surface area contributed by atoms with Crippen molar-refractivity contribution < 1.29 is 28.7 Å². The molecule has 1 unspecified atom stereocenters. The molecule has 0 radical (unpaired) electrons. The van der Waals surface area contributed by atoms with Gasteiger partial charge in [0, 0.05) is 17.8 Å². The number of nitrogens with zero attached hydrogens (tertiary/aromatic N) is 2. The van der Waals surface area contributed by atoms with Crippen LogP contribution in [0.15, 0.2) is 78.9 Å². The summed E-state index contributed by atoms with van der Waals surface area (Å²) in [5.41, 5.74) is 9.41. The number of benzene rings is 3. The molecule has 6 N–H and O–H groups in total. The van der Waals surface area contributed by atoms with Crippen LogP contribution in [-0.4, -0.2) is 60.2 Å². The zero-order chi connectivity index (χ0) is 33.8. The van der Waals surface area contributed by atoms with E-state index in [-0.39, 0.29) is 12.1 Å². The summed E-state index contributed by atoms with van der Waals surface area (Å²) in [5.74, 6) is -0.576. The molecule has 0 saturated heterocycles. The van der Waals surface area contributed by atoms with Gasteiger partial charge in [-0.1, -0.05) is 66.7 Å². The lowest BCUT2D eigenvalue weighted by atomic mass is 9.99. The van der Waals surface area contributed by atoms with Gasteiger partial charge in [0.2, 0.25) is 5.95 Å². The molecule has 1 heterocycles. The number of primary amides is 1. The van der Waals surface area contributed by atoms with Gasteiger partial charge in [-0.3, -0.25) is 4.79 Å². The minimum absolute atomic E-state index is 0.198. The van der Waals surface area contributed by atoms with E-state index in [1.54, 1.807) is 38.1 Å². The van der Waals surface area contributed by atoms with Gasteiger partial charge in [-0.15, -0.1) is 0 Å². The number of amides is 4. The fourth-order valence-corrected chi connectivity index (χ4v) is 4.91. The van der Waals surface area contributed by atoms with Crippen molar-refractivity contribution in [3.05, 3.63) is 101 Å². The van der Waals surface area contributed by atoms with Gasteiger partial charge in [0.05, 0.1) is 30.6 Å². The molecule has 13 heteroatoms. The van der Waals surface area contributed by atoms with E-state index < -0.39 is 30.0 Å². The second-order valence-corrected chi connectivity index (χ2v) is 10.5. The van der Waals surface area contributed by atoms with Crippen LogP contribution < -0.4 is 31.7 Å². The number of anilines is 2. The molecular weight excluding hydrogens is 602 g/mol. The largest absolute Gasteiger partial charge is 0.467 e. The van der Waals surface area contributed by atoms with Crippen molar-refractivity contribution >= 4 is 35.6 Å². The van der Waals surface area contributed by atoms with Crippen LogP contribution in [0.1, 0.15) is 33.7 Å². The first-order chi connectivity index (χ1) is 22.7. The third-order valence-electron chi connectivity index (χ3n) is 7.08. The Morgan fingerprint density at radius 1 is 0.872 bits per heavy atom. The van der Waals surface area contributed by atoms with Crippen LogP contribution >= 0.6 is 0 Å². The van der Waals surface area contributed by atoms with Crippen molar-refractivity contribution in [3.63, 3.8) is 0 Å². The number of para-hydroxylation sites is 2. The quantitative estimate of drug-likeness (QED) is 0.105. The third-order valence-corrected chi connectivity index (χ3v) is 7.08. The number of aryl methyl sites for hydroxylation is 3. The monoisotopic (exact) mass is 639 g/mol. The van der Waals surface area contributed by atoms with Gasteiger partial charge in [-0.05, 0) is 49.9 Å². The first kappa shape index (κ1) is 33.9. The molecule has 0 saturated carbocycles. The van der Waals surface area contributed by atoms with Gasteiger partial charge in [0.1, 0.15) is 11.8 Å². The number of aromatic nitrogens is 2. The highest BCUT2D eigenvalue weighted by Gasteiger charge is 2.25. The van der Waals surface area contributed by atoms with E-state index in [0.29, 0.717) is 48.2 Å². The van der Waals surface area contributed by atoms with Crippen molar-refractivity contribution in [1.82, 2.24) is 20.6 Å². The number of urea groups is 1. The summed E-state index contributed by atoms with van der Waals surface area (Å²) in [5, 5.41) is 11.0. The molecule has 0 aliphatic heterocycles. The smallest absolute Gasteiger partial charge is 0.409 e. The second kappa shape index (κ2) is 16.4. The SMILES string of the molecule is COC(=O)C(CNC(=O)Nc1ccccc1)NC(=O)c1c(C)nc(NCCCc2cccc(-c3ccccc3)c2OC(N)=O)nc1C. The zero-order valence-electron chi connectivity index (χ0n) is 26.3. The Morgan fingerprint density at radius 3 is 2.17 bits per heavy atom. The molecule has 13 nitrogen and oxygen atoms in total. The molecule has 4 aromatic rings. The maximum Gasteiger partial charge on any atom is 0.409 e. The predicted molar refractivity (Wildman–Crippen MR) is 177 cm³/mol. The molecule has 0 spiro atoms. The lowest BCUT2D eigenvalue weighted by Crippen LogP contribution is -2.50. The van der Waals surface area contributed by atoms with Gasteiger partial charge in [0.15, 0.2) is 0 Å². The normalized spacial score (nSPS) is 11.1. The van der Waals surface area contributed by atoms with Crippen LogP contribution in [0.4, 0.5) is 21.2 Å². The Hall–Kier alpha value is -5.98. The lowest BCUT2D eigenvalue weighted by molar-refractivity contribution is -0.142. The summed E-state index contributed by atoms with van der Waals surface area (Å²) >= 11 is 0. The number of hydrogen-bond acceptors (Lipinski definition) is 9. The molecule has 0 bridgehead atoms. The van der Waals surface area contributed by atoms with E-state index >= 15 is 0 Å². The second-order valence-electron chi connectivity index (χ2n) is 10.5. The Bertz CT molecular complexity index is 1690. The standard InChI is InChI=1S/C34H37N7O6/c1-21-28(30(42)41-27(31(43)46-3)20-37-34(45)40-25-16-8-5-9-17-25)22(2)39-33(38-21)36-19-11-15-24-14-10-18-26(29(24)47-32(35)44)23-12-6-4-7-13-23/h4-10,12-14,16-18,27H,11,15,19-20H2,1-3H3,(H2,35,44)(H,41,42)(H,36,38,39)(H2,37,40,45). The summed E-state index contributed by atoms with van der Waals surface area (Å²) in [7, 11) is 1.19. The van der Waals surface area contributed by atoms with Gasteiger partial charge in [-0.25, -0.2) is 24.4 Å². The summed E-state index contributed by atoms with van der Waals surface area (Å²) in [6, 6.07) is 22.3. The average molecular weight is 640 g/mol. The van der Waals surface area contributed by atoms with Crippen molar-refractivity contribution in [2.75, 3.05) is 30.8 Å². The molecule has 3 aromatic carbocycles. The Morgan fingerprint density at radius 2 is 1.53 bits per heavy atom. The van der Waals surface area contributed by atoms with Gasteiger partial charge in [-0.2, -0.15) is 0 Å². The molecule has 4 amide bonds. The van der Waals surface area contributed by atoms with Gasteiger partial charge in [0.25, 0.3) is 5.91 Å². The van der Waals surface area contributed by atoms with Crippen LogP contribution in [-0.2, 0) is 16.0 Å². The van der Waals surface area contributed by atoms with Gasteiger partial charge < -0.3 is 36.5 Å². The highest BCUT2D eigenvalue weighted by atomic mass is 16.5. The number of esters is 1. The van der Waals surface area contributed by atoms with E-state index in [4.69, 9.17) is 15.2 Å². The molecule has 1 aromatic heterocycles. The van der Waals surface area contributed by atoms with E-state index in [1.807, 2.05) is 54.6 Å². The first-order valence-corrected chi connectivity index (χ1v) is 14.9. The van der Waals surface area contributed by atoms with Crippen LogP contribution in [0, 0.1) is 13.8 Å². The summed E-state index contributed by atoms with van der Waals surface area (Å²) in [4.78, 5) is 58.5. The minimum Gasteiger partial charge on any atom is -0.467 e. The highest BCUT2D eigenvalue weighted by Crippen LogP contribution is 2.34. The minimum atomic E-state index is -1.16. The maximum absolute atomic E-state index is 13.2. The molecular formula is C34H37N7O6. The Kier molecular flexibility index (Phi) is 11.8. The Labute approximate surface area is 272 Å². The summed E-state index contributed by atoms with van der Waals surface area (Å²) in [6.45, 7) is 3.60. The van der Waals surface area contributed by atoms with E-state index in [9.17, 15) is 19.2 Å². The molecule has 47 heavy (non-hydrogen) atoms. The van der Waals surface area contributed by atoms with Crippen LogP contribution in [0.3, 0.4) is 0 Å². The predicted octanol–water partition coefficient (Wildman–Crippen LogP) is 4.36. The van der Waals surface area contributed by atoms with Crippen molar-refractivity contribution in [2.24, 2.45) is 5.73 Å². The highest BCUT2D eigenvalue weighted by molar-refractivity contribution is 5.99. The number of rotatable bonds is 13. The fourth-order valence-electron chi connectivity index (χ4n) is 4.91. The first-order valence-electron chi connectivity index (χ1n) is 14.9. The maximum atomic E-state index is 13.2. The number of hydrogen-bond donors (Lipinski definition) is 5. The number of ether oxygens (including phenoxy) is 2. The van der Waals surface area contributed by atoms with Crippen LogP contribution in [0.2, 0.25) is 0 Å². The molecule has 0 aliphatic carbocycles. The zero-order valence-corrected chi connectivity index (χ0v) is 26.3. The van der Waals surface area contributed by atoms with E-state index in [2.05, 4.69) is 31.2 Å². The average Bonchev–Trinajstić information content (AvgIpc) is 3.05. The van der Waals surface area contributed by atoms with Crippen molar-refractivity contribution in [1.29, 1.82) is 0 Å². The summed E-state index contributed by atoms with van der Waals surface area (Å²) in [6.07, 6.45) is 0.322. The molecule has 244 valence electrons. The van der Waals surface area contributed by atoms with E-state index in [0.717, 1.165) is 16.7 Å². The number of methoxy groups -OCH3 is 1. The van der Waals surface area contributed by atoms with Crippen molar-refractivity contribution in [2.45, 2.75) is 32.7 Å². The van der Waals surface area contributed by atoms with Crippen LogP contribution in [0.25, 0.3) is 11.1 Å². The molecule has 4 rings (SSSR count). The summed E-state index contributed by atoms with van der Waals surface area (Å²) < 4.78 is 10.2. The fraction of sp³-hybridized carbons (Fsp3) is 0.235. The topological polar surface area (TPSA) is 187 Å². The van der Waals surface area contributed by atoms with E-state index in [1.165, 1.54) is 7.11 Å². The van der Waals surface area contributed by atoms with Crippen molar-refractivity contribution in [3.8, 4) is 16.9 Å². The van der Waals surface area contributed by atoms with Gasteiger partial charge >= 0.3 is 18.1 Å².